The number of benzene rings is 1. The van der Waals surface area contributed by atoms with Crippen molar-refractivity contribution in [3.8, 4) is 11.5 Å². The first-order valence-electron chi connectivity index (χ1n) is 7.36. The smallest absolute Gasteiger partial charge is 0.234 e. The standard InChI is InChI=1S/C16H14Cl2N4O3S/c1-24-10-3-4-13(25-2)12(6-10)19-14(23)8-26-16-21-20-15-11(18)5-9(17)7-22(15)16/h3-7H,8H2,1-2H3,(H,19,23). The minimum atomic E-state index is -0.230. The summed E-state index contributed by atoms with van der Waals surface area (Å²) < 4.78 is 12.1. The molecule has 0 radical (unpaired) electrons. The molecule has 0 bridgehead atoms. The molecule has 0 aliphatic heterocycles. The summed E-state index contributed by atoms with van der Waals surface area (Å²) in [6.07, 6.45) is 1.65. The van der Waals surface area contributed by atoms with Gasteiger partial charge in [0.2, 0.25) is 5.91 Å². The summed E-state index contributed by atoms with van der Waals surface area (Å²) >= 11 is 13.3. The number of nitrogens with one attached hydrogen (secondary N) is 1. The first kappa shape index (κ1) is 18.6. The van der Waals surface area contributed by atoms with Crippen molar-refractivity contribution in [3.05, 3.63) is 40.5 Å². The summed E-state index contributed by atoms with van der Waals surface area (Å²) in [6.45, 7) is 0. The number of carbonyl (C=O) groups excluding carboxylic acids is 1. The molecule has 0 saturated carbocycles. The third kappa shape index (κ3) is 3.98. The number of halogens is 2. The number of pyridine rings is 1. The molecule has 0 atom stereocenters. The molecule has 10 heteroatoms. The average molecular weight is 413 g/mol. The minimum absolute atomic E-state index is 0.116. The van der Waals surface area contributed by atoms with Gasteiger partial charge in [-0.1, -0.05) is 35.0 Å². The highest BCUT2D eigenvalue weighted by molar-refractivity contribution is 7.99. The fourth-order valence-electron chi connectivity index (χ4n) is 2.23. The molecule has 26 heavy (non-hydrogen) atoms. The van der Waals surface area contributed by atoms with E-state index in [1.165, 1.54) is 18.9 Å². The Hall–Kier alpha value is -2.16. The van der Waals surface area contributed by atoms with Gasteiger partial charge < -0.3 is 14.8 Å². The van der Waals surface area contributed by atoms with Gasteiger partial charge in [0.25, 0.3) is 0 Å². The van der Waals surface area contributed by atoms with Crippen molar-refractivity contribution in [1.29, 1.82) is 0 Å². The third-order valence-electron chi connectivity index (χ3n) is 3.41. The molecule has 0 unspecified atom stereocenters. The number of aromatic nitrogens is 3. The highest BCUT2D eigenvalue weighted by atomic mass is 35.5. The predicted octanol–water partition coefficient (Wildman–Crippen LogP) is 3.78. The Morgan fingerprint density at radius 3 is 2.77 bits per heavy atom. The van der Waals surface area contributed by atoms with Gasteiger partial charge in [-0.3, -0.25) is 9.20 Å². The lowest BCUT2D eigenvalue weighted by Gasteiger charge is -2.11. The van der Waals surface area contributed by atoms with Crippen LogP contribution in [0.1, 0.15) is 0 Å². The van der Waals surface area contributed by atoms with E-state index in [2.05, 4.69) is 15.5 Å². The Bertz CT molecular complexity index is 964. The molecule has 2 heterocycles. The first-order chi connectivity index (χ1) is 12.5. The Labute approximate surface area is 163 Å². The first-order valence-corrected chi connectivity index (χ1v) is 9.10. The normalized spacial score (nSPS) is 10.8. The van der Waals surface area contributed by atoms with Gasteiger partial charge in [-0.05, 0) is 18.2 Å². The van der Waals surface area contributed by atoms with Crippen molar-refractivity contribution in [3.63, 3.8) is 0 Å². The second-order valence-corrected chi connectivity index (χ2v) is 6.87. The van der Waals surface area contributed by atoms with Crippen molar-refractivity contribution in [1.82, 2.24) is 14.6 Å². The molecule has 1 amide bonds. The van der Waals surface area contributed by atoms with Gasteiger partial charge in [-0.25, -0.2) is 0 Å². The van der Waals surface area contributed by atoms with Crippen LogP contribution >= 0.6 is 35.0 Å². The van der Waals surface area contributed by atoms with Crippen molar-refractivity contribution < 1.29 is 14.3 Å². The Balaban J connectivity index is 1.72. The van der Waals surface area contributed by atoms with Gasteiger partial charge in [0.1, 0.15) is 11.5 Å². The molecular formula is C16H14Cl2N4O3S. The number of amides is 1. The molecule has 1 N–H and O–H groups in total. The van der Waals surface area contributed by atoms with Gasteiger partial charge in [-0.15, -0.1) is 10.2 Å². The summed E-state index contributed by atoms with van der Waals surface area (Å²) in [5, 5.41) is 12.2. The Morgan fingerprint density at radius 1 is 1.23 bits per heavy atom. The van der Waals surface area contributed by atoms with Crippen LogP contribution in [0.25, 0.3) is 5.65 Å². The van der Waals surface area contributed by atoms with Gasteiger partial charge in [-0.2, -0.15) is 0 Å². The highest BCUT2D eigenvalue weighted by Crippen LogP contribution is 2.29. The molecule has 136 valence electrons. The van der Waals surface area contributed by atoms with E-state index in [9.17, 15) is 4.79 Å². The Kier molecular flexibility index (Phi) is 5.75. The zero-order chi connectivity index (χ0) is 18.7. The van der Waals surface area contributed by atoms with Gasteiger partial charge >= 0.3 is 0 Å². The maximum absolute atomic E-state index is 12.3. The van der Waals surface area contributed by atoms with E-state index in [4.69, 9.17) is 32.7 Å². The SMILES string of the molecule is COc1ccc(OC)c(NC(=O)CSc2nnc3c(Cl)cc(Cl)cn23)c1. The van der Waals surface area contributed by atoms with Crippen LogP contribution in [0.5, 0.6) is 11.5 Å². The van der Waals surface area contributed by atoms with E-state index in [0.29, 0.717) is 38.0 Å². The Morgan fingerprint density at radius 2 is 2.04 bits per heavy atom. The van der Waals surface area contributed by atoms with E-state index in [0.717, 1.165) is 0 Å². The summed E-state index contributed by atoms with van der Waals surface area (Å²) in [4.78, 5) is 12.3. The van der Waals surface area contributed by atoms with Crippen LogP contribution in [0.15, 0.2) is 35.6 Å². The van der Waals surface area contributed by atoms with Crippen LogP contribution in [0.2, 0.25) is 10.0 Å². The van der Waals surface area contributed by atoms with E-state index >= 15 is 0 Å². The number of hydrogen-bond donors (Lipinski definition) is 1. The zero-order valence-electron chi connectivity index (χ0n) is 13.8. The highest BCUT2D eigenvalue weighted by Gasteiger charge is 2.14. The number of hydrogen-bond acceptors (Lipinski definition) is 6. The number of thioether (sulfide) groups is 1. The maximum Gasteiger partial charge on any atom is 0.234 e. The number of carbonyl (C=O) groups is 1. The molecule has 0 fully saturated rings. The van der Waals surface area contributed by atoms with Crippen LogP contribution in [-0.2, 0) is 4.79 Å². The largest absolute Gasteiger partial charge is 0.497 e. The average Bonchev–Trinajstić information content (AvgIpc) is 3.03. The van der Waals surface area contributed by atoms with Crippen LogP contribution < -0.4 is 14.8 Å². The second-order valence-electron chi connectivity index (χ2n) is 5.09. The van der Waals surface area contributed by atoms with E-state index in [1.54, 1.807) is 42.0 Å². The van der Waals surface area contributed by atoms with Gasteiger partial charge in [0.15, 0.2) is 10.8 Å². The number of nitrogens with zero attached hydrogens (tertiary/aromatic N) is 3. The van der Waals surface area contributed by atoms with Crippen LogP contribution in [0, 0.1) is 0 Å². The molecule has 1 aromatic carbocycles. The number of fused-ring (bicyclic) bond motifs is 1. The quantitative estimate of drug-likeness (QED) is 0.620. The zero-order valence-corrected chi connectivity index (χ0v) is 16.2. The summed E-state index contributed by atoms with van der Waals surface area (Å²) in [5.74, 6) is 1.04. The fourth-order valence-corrected chi connectivity index (χ4v) is 3.45. The van der Waals surface area contributed by atoms with Crippen molar-refractivity contribution in [2.24, 2.45) is 0 Å². The molecule has 3 rings (SSSR count). The van der Waals surface area contributed by atoms with E-state index < -0.39 is 0 Å². The van der Waals surface area contributed by atoms with E-state index in [1.807, 2.05) is 0 Å². The van der Waals surface area contributed by atoms with Crippen molar-refractivity contribution in [2.45, 2.75) is 5.16 Å². The summed E-state index contributed by atoms with van der Waals surface area (Å²) in [5.41, 5.74) is 1.00. The topological polar surface area (TPSA) is 77.8 Å². The molecule has 7 nitrogen and oxygen atoms in total. The van der Waals surface area contributed by atoms with E-state index in [-0.39, 0.29) is 11.7 Å². The van der Waals surface area contributed by atoms with Crippen LogP contribution in [-0.4, -0.2) is 40.5 Å². The molecule has 0 saturated heterocycles. The predicted molar refractivity (Wildman–Crippen MR) is 102 cm³/mol. The number of ether oxygens (including phenoxy) is 2. The molecule has 3 aromatic rings. The van der Waals surface area contributed by atoms with Crippen molar-refractivity contribution in [2.75, 3.05) is 25.3 Å². The minimum Gasteiger partial charge on any atom is -0.497 e. The fraction of sp³-hybridized carbons (Fsp3) is 0.188. The lowest BCUT2D eigenvalue weighted by atomic mass is 10.2. The molecule has 0 aliphatic carbocycles. The molecule has 0 aliphatic rings. The van der Waals surface area contributed by atoms with Gasteiger partial charge in [0, 0.05) is 12.3 Å². The number of rotatable bonds is 6. The lowest BCUT2D eigenvalue weighted by molar-refractivity contribution is -0.113. The maximum atomic E-state index is 12.3. The molecular weight excluding hydrogens is 399 g/mol. The summed E-state index contributed by atoms with van der Waals surface area (Å²) in [7, 11) is 3.08. The number of methoxy groups -OCH3 is 2. The number of anilines is 1. The summed E-state index contributed by atoms with van der Waals surface area (Å²) in [6, 6.07) is 6.74. The third-order valence-corrected chi connectivity index (χ3v) is 4.84. The van der Waals surface area contributed by atoms with Crippen molar-refractivity contribution >= 4 is 52.2 Å². The molecule has 2 aromatic heterocycles. The molecule has 0 spiro atoms. The van der Waals surface area contributed by atoms with Crippen LogP contribution in [0.3, 0.4) is 0 Å². The van der Waals surface area contributed by atoms with Crippen LogP contribution in [0.4, 0.5) is 5.69 Å². The second kappa shape index (κ2) is 8.03. The monoisotopic (exact) mass is 412 g/mol. The lowest BCUT2D eigenvalue weighted by Crippen LogP contribution is -2.15. The van der Waals surface area contributed by atoms with Gasteiger partial charge in [0.05, 0.1) is 35.7 Å².